The first kappa shape index (κ1) is 20.7. The number of nitrogens with one attached hydrogen (secondary N) is 1. The van der Waals surface area contributed by atoms with Gasteiger partial charge in [0.05, 0.1) is 11.3 Å². The van der Waals surface area contributed by atoms with Gasteiger partial charge in [0.2, 0.25) is 5.91 Å². The lowest BCUT2D eigenvalue weighted by Gasteiger charge is -2.12. The molecule has 3 heterocycles. The van der Waals surface area contributed by atoms with Crippen LogP contribution in [0.5, 0.6) is 0 Å². The minimum absolute atomic E-state index is 0.0277. The smallest absolute Gasteiger partial charge is 0.272 e. The summed E-state index contributed by atoms with van der Waals surface area (Å²) in [6.07, 6.45) is 0.685. The van der Waals surface area contributed by atoms with Crippen molar-refractivity contribution < 1.29 is 13.6 Å². The van der Waals surface area contributed by atoms with Crippen molar-refractivity contribution in [3.05, 3.63) is 74.0 Å². The maximum atomic E-state index is 13.3. The number of carbonyl (C=O) groups excluding carboxylic acids is 1. The summed E-state index contributed by atoms with van der Waals surface area (Å²) in [6, 6.07) is 8.90. The predicted octanol–water partition coefficient (Wildman–Crippen LogP) is 4.77. The highest BCUT2D eigenvalue weighted by Gasteiger charge is 2.15. The second-order valence-electron chi connectivity index (χ2n) is 6.28. The number of hydrogen-bond acceptors (Lipinski definition) is 6. The van der Waals surface area contributed by atoms with E-state index in [-0.39, 0.29) is 17.0 Å². The molecule has 0 saturated heterocycles. The summed E-state index contributed by atoms with van der Waals surface area (Å²) in [7, 11) is 0. The molecular formula is C20H15F2N3O2S3. The predicted molar refractivity (Wildman–Crippen MR) is 118 cm³/mol. The van der Waals surface area contributed by atoms with Crippen LogP contribution in [0.4, 0.5) is 14.5 Å². The number of benzene rings is 1. The molecule has 1 amide bonds. The van der Waals surface area contributed by atoms with E-state index in [2.05, 4.69) is 10.3 Å². The van der Waals surface area contributed by atoms with Crippen molar-refractivity contribution in [2.75, 3.05) is 11.1 Å². The van der Waals surface area contributed by atoms with Crippen molar-refractivity contribution in [3.8, 4) is 0 Å². The summed E-state index contributed by atoms with van der Waals surface area (Å²) in [4.78, 5) is 30.9. The molecule has 3 aromatic heterocycles. The molecule has 4 rings (SSSR count). The molecule has 154 valence electrons. The Hall–Kier alpha value is -2.56. The van der Waals surface area contributed by atoms with Crippen LogP contribution in [0.25, 0.3) is 10.2 Å². The van der Waals surface area contributed by atoms with Gasteiger partial charge in [0.25, 0.3) is 5.56 Å². The average Bonchev–Trinajstić information content (AvgIpc) is 3.40. The third kappa shape index (κ3) is 4.61. The van der Waals surface area contributed by atoms with Crippen LogP contribution in [0.3, 0.4) is 0 Å². The second-order valence-corrected chi connectivity index (χ2v) is 9.17. The van der Waals surface area contributed by atoms with Crippen LogP contribution in [0.1, 0.15) is 4.88 Å². The Bertz CT molecular complexity index is 1250. The number of amides is 1. The van der Waals surface area contributed by atoms with Crippen molar-refractivity contribution in [1.29, 1.82) is 0 Å². The number of thiophene rings is 2. The second kappa shape index (κ2) is 9.07. The van der Waals surface area contributed by atoms with Gasteiger partial charge >= 0.3 is 0 Å². The molecule has 1 aromatic carbocycles. The van der Waals surface area contributed by atoms with E-state index in [9.17, 15) is 18.4 Å². The van der Waals surface area contributed by atoms with Crippen LogP contribution in [0, 0.1) is 11.6 Å². The van der Waals surface area contributed by atoms with E-state index in [4.69, 9.17) is 0 Å². The van der Waals surface area contributed by atoms with Crippen molar-refractivity contribution in [1.82, 2.24) is 9.55 Å². The molecule has 5 nitrogen and oxygen atoms in total. The number of fused-ring (bicyclic) bond motifs is 1. The molecule has 0 aliphatic carbocycles. The van der Waals surface area contributed by atoms with E-state index in [1.54, 1.807) is 22.0 Å². The Labute approximate surface area is 182 Å². The summed E-state index contributed by atoms with van der Waals surface area (Å²) in [6.45, 7) is 0.452. The number of rotatable bonds is 7. The first-order valence-corrected chi connectivity index (χ1v) is 11.6. The van der Waals surface area contributed by atoms with Gasteiger partial charge in [-0.3, -0.25) is 14.2 Å². The Morgan fingerprint density at radius 1 is 1.13 bits per heavy atom. The summed E-state index contributed by atoms with van der Waals surface area (Å²) < 4.78 is 28.5. The minimum Gasteiger partial charge on any atom is -0.325 e. The summed E-state index contributed by atoms with van der Waals surface area (Å²) >= 11 is 4.09. The molecule has 0 bridgehead atoms. The van der Waals surface area contributed by atoms with E-state index in [0.717, 1.165) is 28.8 Å². The summed E-state index contributed by atoms with van der Waals surface area (Å²) in [5.41, 5.74) is 0.631. The van der Waals surface area contributed by atoms with E-state index < -0.39 is 17.5 Å². The highest BCUT2D eigenvalue weighted by atomic mass is 32.2. The number of hydrogen-bond donors (Lipinski definition) is 1. The molecule has 0 unspecified atom stereocenters. The highest BCUT2D eigenvalue weighted by Crippen LogP contribution is 2.22. The molecule has 0 atom stereocenters. The summed E-state index contributed by atoms with van der Waals surface area (Å²) in [5, 5.41) is 6.77. The van der Waals surface area contributed by atoms with Crippen molar-refractivity contribution >= 4 is 56.2 Å². The normalized spacial score (nSPS) is 11.1. The SMILES string of the molecule is O=C(CSc1nc2ccsc2c(=O)n1CCc1cccs1)Nc1ccc(F)c(F)c1. The van der Waals surface area contributed by atoms with E-state index in [1.165, 1.54) is 17.4 Å². The molecule has 0 spiro atoms. The molecule has 4 aromatic rings. The van der Waals surface area contributed by atoms with Gasteiger partial charge in [0.1, 0.15) is 4.70 Å². The van der Waals surface area contributed by atoms with Crippen molar-refractivity contribution in [2.24, 2.45) is 0 Å². The fourth-order valence-electron chi connectivity index (χ4n) is 2.81. The van der Waals surface area contributed by atoms with Crippen LogP contribution in [-0.4, -0.2) is 21.2 Å². The molecular weight excluding hydrogens is 448 g/mol. The lowest BCUT2D eigenvalue weighted by Crippen LogP contribution is -2.24. The number of nitrogens with zero attached hydrogens (tertiary/aromatic N) is 2. The first-order chi connectivity index (χ1) is 14.5. The molecule has 0 aliphatic rings. The van der Waals surface area contributed by atoms with Crippen LogP contribution < -0.4 is 10.9 Å². The van der Waals surface area contributed by atoms with Gasteiger partial charge in [-0.15, -0.1) is 22.7 Å². The van der Waals surface area contributed by atoms with E-state index in [0.29, 0.717) is 28.3 Å². The zero-order chi connectivity index (χ0) is 21.1. The quantitative estimate of drug-likeness (QED) is 0.317. The van der Waals surface area contributed by atoms with Gasteiger partial charge in [0, 0.05) is 23.2 Å². The largest absolute Gasteiger partial charge is 0.325 e. The van der Waals surface area contributed by atoms with Crippen LogP contribution in [0.15, 0.2) is 57.1 Å². The lowest BCUT2D eigenvalue weighted by atomic mass is 10.3. The molecule has 30 heavy (non-hydrogen) atoms. The first-order valence-electron chi connectivity index (χ1n) is 8.89. The average molecular weight is 464 g/mol. The maximum Gasteiger partial charge on any atom is 0.272 e. The van der Waals surface area contributed by atoms with Crippen molar-refractivity contribution in [2.45, 2.75) is 18.1 Å². The Morgan fingerprint density at radius 2 is 2.00 bits per heavy atom. The van der Waals surface area contributed by atoms with Gasteiger partial charge in [-0.25, -0.2) is 13.8 Å². The highest BCUT2D eigenvalue weighted by molar-refractivity contribution is 7.99. The fourth-order valence-corrected chi connectivity index (χ4v) is 5.11. The van der Waals surface area contributed by atoms with Gasteiger partial charge in [-0.1, -0.05) is 17.8 Å². The van der Waals surface area contributed by atoms with Gasteiger partial charge in [-0.2, -0.15) is 0 Å². The number of aryl methyl sites for hydroxylation is 1. The molecule has 0 saturated carbocycles. The maximum absolute atomic E-state index is 13.3. The van der Waals surface area contributed by atoms with E-state index >= 15 is 0 Å². The Balaban J connectivity index is 1.51. The molecule has 0 fully saturated rings. The zero-order valence-corrected chi connectivity index (χ0v) is 17.9. The fraction of sp³-hybridized carbons (Fsp3) is 0.150. The molecule has 0 radical (unpaired) electrons. The van der Waals surface area contributed by atoms with Gasteiger partial charge < -0.3 is 5.32 Å². The molecule has 1 N–H and O–H groups in total. The monoisotopic (exact) mass is 463 g/mol. The zero-order valence-electron chi connectivity index (χ0n) is 15.4. The summed E-state index contributed by atoms with van der Waals surface area (Å²) in [5.74, 6) is -2.45. The Kier molecular flexibility index (Phi) is 6.26. The minimum atomic E-state index is -1.03. The molecule has 10 heteroatoms. The number of anilines is 1. The number of thioether (sulfide) groups is 1. The van der Waals surface area contributed by atoms with Gasteiger partial charge in [0.15, 0.2) is 16.8 Å². The lowest BCUT2D eigenvalue weighted by molar-refractivity contribution is -0.113. The topological polar surface area (TPSA) is 64.0 Å². The van der Waals surface area contributed by atoms with Crippen molar-refractivity contribution in [3.63, 3.8) is 0 Å². The number of aromatic nitrogens is 2. The number of halogens is 2. The van der Waals surface area contributed by atoms with Crippen LogP contribution in [0.2, 0.25) is 0 Å². The van der Waals surface area contributed by atoms with Gasteiger partial charge in [-0.05, 0) is 41.4 Å². The van der Waals surface area contributed by atoms with Crippen LogP contribution >= 0.6 is 34.4 Å². The van der Waals surface area contributed by atoms with E-state index in [1.807, 2.05) is 22.9 Å². The Morgan fingerprint density at radius 3 is 2.77 bits per heavy atom. The third-order valence-corrected chi connectivity index (χ3v) is 7.03. The third-order valence-electron chi connectivity index (χ3n) is 4.23. The number of carbonyl (C=O) groups is 1. The molecule has 0 aliphatic heterocycles. The standard InChI is InChI=1S/C20H15F2N3O2S3/c21-14-4-3-12(10-15(14)22)23-17(26)11-30-20-24-16-6-9-29-18(16)19(27)25(20)7-5-13-2-1-8-28-13/h1-4,6,8-10H,5,7,11H2,(H,23,26). The van der Waals surface area contributed by atoms with Crippen LogP contribution in [-0.2, 0) is 17.8 Å².